The first kappa shape index (κ1) is 12.8. The van der Waals surface area contributed by atoms with Crippen molar-refractivity contribution in [2.75, 3.05) is 26.3 Å². The van der Waals surface area contributed by atoms with Gasteiger partial charge in [-0.05, 0) is 62.4 Å². The molecule has 3 nitrogen and oxygen atoms in total. The van der Waals surface area contributed by atoms with E-state index in [2.05, 4.69) is 24.4 Å². The molecule has 0 aliphatic carbocycles. The van der Waals surface area contributed by atoms with E-state index in [-0.39, 0.29) is 0 Å². The highest BCUT2D eigenvalue weighted by atomic mass is 16.5. The fraction of sp³-hybridized carbons (Fsp3) is 0.625. The Hall–Kier alpha value is -1.22. The molecule has 1 saturated heterocycles. The maximum atomic E-state index is 5.87. The fourth-order valence-corrected chi connectivity index (χ4v) is 3.03. The van der Waals surface area contributed by atoms with Crippen LogP contribution in [-0.4, -0.2) is 26.3 Å². The lowest BCUT2D eigenvalue weighted by Crippen LogP contribution is -2.28. The van der Waals surface area contributed by atoms with Crippen molar-refractivity contribution >= 4 is 0 Å². The zero-order chi connectivity index (χ0) is 13.1. The number of fused-ring (bicyclic) bond motifs is 1. The molecule has 0 radical (unpaired) electrons. The first-order valence-corrected chi connectivity index (χ1v) is 7.43. The second kappa shape index (κ2) is 5.83. The monoisotopic (exact) mass is 261 g/mol. The molecule has 0 aromatic heterocycles. The van der Waals surface area contributed by atoms with E-state index in [0.717, 1.165) is 50.1 Å². The topological polar surface area (TPSA) is 30.5 Å². The molecule has 2 aliphatic rings. The summed E-state index contributed by atoms with van der Waals surface area (Å²) < 4.78 is 11.6. The average molecular weight is 261 g/mol. The quantitative estimate of drug-likeness (QED) is 0.888. The van der Waals surface area contributed by atoms with Crippen LogP contribution >= 0.6 is 0 Å². The summed E-state index contributed by atoms with van der Waals surface area (Å²) >= 11 is 0. The molecule has 0 amide bonds. The van der Waals surface area contributed by atoms with Gasteiger partial charge in [0.1, 0.15) is 0 Å². The van der Waals surface area contributed by atoms with E-state index in [9.17, 15) is 0 Å². The van der Waals surface area contributed by atoms with E-state index in [1.807, 2.05) is 0 Å². The molecule has 0 saturated carbocycles. The van der Waals surface area contributed by atoms with Gasteiger partial charge in [0.2, 0.25) is 0 Å². The molecule has 3 heteroatoms. The molecular weight excluding hydrogens is 238 g/mol. The molecule has 2 heterocycles. The number of ether oxygens (including phenoxy) is 2. The normalized spacial score (nSPS) is 20.1. The number of rotatable bonds is 2. The zero-order valence-electron chi connectivity index (χ0n) is 11.7. The maximum Gasteiger partial charge on any atom is 0.164 e. The molecule has 0 spiro atoms. The van der Waals surface area contributed by atoms with Gasteiger partial charge in [0.05, 0.1) is 13.2 Å². The van der Waals surface area contributed by atoms with Crippen LogP contribution in [0.4, 0.5) is 0 Å². The van der Waals surface area contributed by atoms with Gasteiger partial charge < -0.3 is 14.8 Å². The lowest BCUT2D eigenvalue weighted by atomic mass is 9.89. The number of hydrogen-bond acceptors (Lipinski definition) is 3. The Morgan fingerprint density at radius 2 is 1.95 bits per heavy atom. The minimum Gasteiger partial charge on any atom is -0.490 e. The van der Waals surface area contributed by atoms with Gasteiger partial charge in [-0.25, -0.2) is 0 Å². The van der Waals surface area contributed by atoms with Crippen molar-refractivity contribution in [3.63, 3.8) is 0 Å². The Labute approximate surface area is 115 Å². The minimum absolute atomic E-state index is 0.764. The van der Waals surface area contributed by atoms with Gasteiger partial charge in [0.25, 0.3) is 0 Å². The van der Waals surface area contributed by atoms with E-state index in [4.69, 9.17) is 9.47 Å². The molecule has 3 rings (SSSR count). The van der Waals surface area contributed by atoms with E-state index in [1.54, 1.807) is 0 Å². The predicted octanol–water partition coefficient (Wildman–Crippen LogP) is 2.70. The van der Waals surface area contributed by atoms with Crippen LogP contribution < -0.4 is 14.8 Å². The molecule has 2 aliphatic heterocycles. The number of piperidine rings is 1. The predicted molar refractivity (Wildman–Crippen MR) is 76.1 cm³/mol. The Morgan fingerprint density at radius 1 is 1.16 bits per heavy atom. The van der Waals surface area contributed by atoms with Crippen LogP contribution in [0.25, 0.3) is 0 Å². The number of benzene rings is 1. The van der Waals surface area contributed by atoms with Crippen molar-refractivity contribution in [3.8, 4) is 11.5 Å². The van der Waals surface area contributed by atoms with E-state index < -0.39 is 0 Å². The summed E-state index contributed by atoms with van der Waals surface area (Å²) in [4.78, 5) is 0. The zero-order valence-corrected chi connectivity index (χ0v) is 11.7. The van der Waals surface area contributed by atoms with Gasteiger partial charge in [-0.3, -0.25) is 0 Å². The van der Waals surface area contributed by atoms with E-state index in [1.165, 1.54) is 30.4 Å². The molecule has 0 unspecified atom stereocenters. The van der Waals surface area contributed by atoms with E-state index in [0.29, 0.717) is 0 Å². The SMILES string of the molecule is Cc1c(CC2CCNCC2)ccc2c1OCCCO2. The lowest BCUT2D eigenvalue weighted by molar-refractivity contribution is 0.296. The highest BCUT2D eigenvalue weighted by molar-refractivity contribution is 5.50. The first-order valence-electron chi connectivity index (χ1n) is 7.43. The summed E-state index contributed by atoms with van der Waals surface area (Å²) in [5.41, 5.74) is 2.70. The van der Waals surface area contributed by atoms with Crippen LogP contribution in [-0.2, 0) is 6.42 Å². The molecule has 1 aromatic carbocycles. The summed E-state index contributed by atoms with van der Waals surface area (Å²) in [5, 5.41) is 3.43. The van der Waals surface area contributed by atoms with Gasteiger partial charge in [0, 0.05) is 6.42 Å². The molecule has 1 N–H and O–H groups in total. The Balaban J connectivity index is 1.80. The molecular formula is C16H23NO2. The summed E-state index contributed by atoms with van der Waals surface area (Å²) in [5.74, 6) is 2.71. The van der Waals surface area contributed by atoms with Crippen LogP contribution in [0, 0.1) is 12.8 Å². The van der Waals surface area contributed by atoms with Crippen molar-refractivity contribution < 1.29 is 9.47 Å². The van der Waals surface area contributed by atoms with Gasteiger partial charge in [-0.15, -0.1) is 0 Å². The third-order valence-electron chi connectivity index (χ3n) is 4.24. The number of nitrogens with one attached hydrogen (secondary N) is 1. The van der Waals surface area contributed by atoms with Crippen molar-refractivity contribution in [2.24, 2.45) is 5.92 Å². The van der Waals surface area contributed by atoms with Crippen molar-refractivity contribution in [3.05, 3.63) is 23.3 Å². The summed E-state index contributed by atoms with van der Waals surface area (Å²) in [7, 11) is 0. The Kier molecular flexibility index (Phi) is 3.92. The summed E-state index contributed by atoms with van der Waals surface area (Å²) in [6.07, 6.45) is 4.71. The van der Waals surface area contributed by atoms with Crippen LogP contribution in [0.3, 0.4) is 0 Å². The van der Waals surface area contributed by atoms with Crippen LogP contribution in [0.15, 0.2) is 12.1 Å². The maximum absolute atomic E-state index is 5.87. The van der Waals surface area contributed by atoms with Gasteiger partial charge in [-0.1, -0.05) is 6.07 Å². The standard InChI is InChI=1S/C16H23NO2/c1-12-14(11-13-5-7-17-8-6-13)3-4-15-16(12)19-10-2-9-18-15/h3-4,13,17H,2,5-11H2,1H3. The second-order valence-electron chi connectivity index (χ2n) is 5.62. The van der Waals surface area contributed by atoms with Gasteiger partial charge in [-0.2, -0.15) is 0 Å². The van der Waals surface area contributed by atoms with Gasteiger partial charge in [0.15, 0.2) is 11.5 Å². The van der Waals surface area contributed by atoms with Gasteiger partial charge >= 0.3 is 0 Å². The molecule has 1 aromatic rings. The molecule has 19 heavy (non-hydrogen) atoms. The number of hydrogen-bond donors (Lipinski definition) is 1. The van der Waals surface area contributed by atoms with Crippen LogP contribution in [0.5, 0.6) is 11.5 Å². The largest absolute Gasteiger partial charge is 0.490 e. The third kappa shape index (κ3) is 2.86. The average Bonchev–Trinajstić information content (AvgIpc) is 2.69. The highest BCUT2D eigenvalue weighted by Crippen LogP contribution is 2.36. The highest BCUT2D eigenvalue weighted by Gasteiger charge is 2.19. The Morgan fingerprint density at radius 3 is 2.79 bits per heavy atom. The smallest absolute Gasteiger partial charge is 0.164 e. The fourth-order valence-electron chi connectivity index (χ4n) is 3.03. The van der Waals surface area contributed by atoms with Crippen molar-refractivity contribution in [2.45, 2.75) is 32.6 Å². The Bertz CT molecular complexity index is 439. The van der Waals surface area contributed by atoms with Crippen LogP contribution in [0.1, 0.15) is 30.4 Å². The minimum atomic E-state index is 0.764. The third-order valence-corrected chi connectivity index (χ3v) is 4.24. The van der Waals surface area contributed by atoms with E-state index >= 15 is 0 Å². The van der Waals surface area contributed by atoms with Crippen molar-refractivity contribution in [1.82, 2.24) is 5.32 Å². The van der Waals surface area contributed by atoms with Crippen LogP contribution in [0.2, 0.25) is 0 Å². The summed E-state index contributed by atoms with van der Waals surface area (Å²) in [6, 6.07) is 4.31. The molecule has 0 bridgehead atoms. The van der Waals surface area contributed by atoms with Crippen molar-refractivity contribution in [1.29, 1.82) is 0 Å². The molecule has 104 valence electrons. The second-order valence-corrected chi connectivity index (χ2v) is 5.62. The first-order chi connectivity index (χ1) is 9.34. The summed E-state index contributed by atoms with van der Waals surface area (Å²) in [6.45, 7) is 6.02. The molecule has 0 atom stereocenters. The molecule has 1 fully saturated rings. The lowest BCUT2D eigenvalue weighted by Gasteiger charge is -2.24.